The van der Waals surface area contributed by atoms with Gasteiger partial charge in [-0.2, -0.15) is 5.10 Å². The fourth-order valence-corrected chi connectivity index (χ4v) is 6.60. The molecule has 1 aromatic rings. The number of carbonyl (C=O) groups is 1. The SMILES string of the molecule is CC(C)Oc1c(C(=O)NC2C3CC4CC(C3)CC2C4)cnn1CCN1CCNCC1.Cl.Cl. The van der Waals surface area contributed by atoms with Crippen molar-refractivity contribution in [3.8, 4) is 5.88 Å². The highest BCUT2D eigenvalue weighted by molar-refractivity contribution is 5.96. The van der Waals surface area contributed by atoms with Crippen molar-refractivity contribution >= 4 is 30.7 Å². The van der Waals surface area contributed by atoms with Gasteiger partial charge in [-0.1, -0.05) is 0 Å². The van der Waals surface area contributed by atoms with Gasteiger partial charge in [-0.05, 0) is 69.6 Å². The highest BCUT2D eigenvalue weighted by atomic mass is 35.5. The molecule has 2 heterocycles. The molecule has 0 atom stereocenters. The van der Waals surface area contributed by atoms with Crippen LogP contribution in [-0.2, 0) is 6.54 Å². The summed E-state index contributed by atoms with van der Waals surface area (Å²) in [6.07, 6.45) is 8.36. The number of halogens is 2. The predicted molar refractivity (Wildman–Crippen MR) is 130 cm³/mol. The molecule has 4 bridgehead atoms. The minimum absolute atomic E-state index is 0. The molecule has 1 aromatic heterocycles. The van der Waals surface area contributed by atoms with Gasteiger partial charge in [-0.25, -0.2) is 4.68 Å². The highest BCUT2D eigenvalue weighted by Crippen LogP contribution is 2.53. The summed E-state index contributed by atoms with van der Waals surface area (Å²) in [5.74, 6) is 3.78. The Labute approximate surface area is 204 Å². The average molecular weight is 489 g/mol. The van der Waals surface area contributed by atoms with E-state index in [1.165, 1.54) is 32.1 Å². The van der Waals surface area contributed by atoms with Crippen LogP contribution in [0.4, 0.5) is 0 Å². The van der Waals surface area contributed by atoms with Crippen LogP contribution in [0.5, 0.6) is 5.88 Å². The van der Waals surface area contributed by atoms with Crippen molar-refractivity contribution < 1.29 is 9.53 Å². The Morgan fingerprint density at radius 1 is 1.09 bits per heavy atom. The molecule has 1 amide bonds. The van der Waals surface area contributed by atoms with Gasteiger partial charge in [0.2, 0.25) is 5.88 Å². The van der Waals surface area contributed by atoms with Crippen LogP contribution in [0.25, 0.3) is 0 Å². The van der Waals surface area contributed by atoms with E-state index in [9.17, 15) is 4.79 Å². The molecule has 0 radical (unpaired) electrons. The first-order valence-electron chi connectivity index (χ1n) is 12.0. The lowest BCUT2D eigenvalue weighted by Crippen LogP contribution is -2.55. The van der Waals surface area contributed by atoms with Gasteiger partial charge in [0.25, 0.3) is 5.91 Å². The van der Waals surface area contributed by atoms with Crippen LogP contribution in [0.1, 0.15) is 56.3 Å². The van der Waals surface area contributed by atoms with E-state index in [4.69, 9.17) is 4.74 Å². The maximum absolute atomic E-state index is 13.3. The summed E-state index contributed by atoms with van der Waals surface area (Å²) in [5.41, 5.74) is 0.595. The van der Waals surface area contributed by atoms with Crippen LogP contribution in [0.15, 0.2) is 6.20 Å². The Morgan fingerprint density at radius 3 is 2.31 bits per heavy atom. The fourth-order valence-electron chi connectivity index (χ4n) is 6.60. The van der Waals surface area contributed by atoms with Crippen LogP contribution in [0.2, 0.25) is 0 Å². The first-order valence-corrected chi connectivity index (χ1v) is 12.0. The molecule has 0 aromatic carbocycles. The van der Waals surface area contributed by atoms with E-state index >= 15 is 0 Å². The van der Waals surface area contributed by atoms with E-state index in [0.29, 0.717) is 29.3 Å². The van der Waals surface area contributed by atoms with Crippen LogP contribution in [-0.4, -0.2) is 65.5 Å². The quantitative estimate of drug-likeness (QED) is 0.618. The maximum Gasteiger partial charge on any atom is 0.258 e. The number of piperazine rings is 1. The standard InChI is InChI=1S/C23H37N5O2.2ClH/c1-15(2)30-23-20(14-25-28(23)8-7-27-5-3-24-4-6-27)22(29)26-21-18-10-16-9-17(12-18)13-19(21)11-16;;/h14-19,21,24H,3-13H2,1-2H3,(H,26,29);2*1H. The van der Waals surface area contributed by atoms with Crippen molar-refractivity contribution in [1.29, 1.82) is 0 Å². The normalized spacial score (nSPS) is 31.2. The smallest absolute Gasteiger partial charge is 0.258 e. The maximum atomic E-state index is 13.3. The van der Waals surface area contributed by atoms with E-state index in [1.54, 1.807) is 6.20 Å². The first-order chi connectivity index (χ1) is 14.6. The average Bonchev–Trinajstić information content (AvgIpc) is 3.11. The van der Waals surface area contributed by atoms with Crippen LogP contribution in [0.3, 0.4) is 0 Å². The lowest BCUT2D eigenvalue weighted by atomic mass is 9.54. The second kappa shape index (κ2) is 10.9. The van der Waals surface area contributed by atoms with E-state index in [0.717, 1.165) is 51.1 Å². The van der Waals surface area contributed by atoms with Crippen molar-refractivity contribution in [2.45, 2.75) is 64.6 Å². The lowest BCUT2D eigenvalue weighted by Gasteiger charge is -2.54. The van der Waals surface area contributed by atoms with E-state index in [1.807, 2.05) is 18.5 Å². The fraction of sp³-hybridized carbons (Fsp3) is 0.826. The van der Waals surface area contributed by atoms with Gasteiger partial charge in [-0.15, -0.1) is 24.8 Å². The molecule has 9 heteroatoms. The summed E-state index contributed by atoms with van der Waals surface area (Å²) >= 11 is 0. The third-order valence-electron chi connectivity index (χ3n) is 7.75. The van der Waals surface area contributed by atoms with Gasteiger partial charge < -0.3 is 15.4 Å². The minimum atomic E-state index is -0.00320. The monoisotopic (exact) mass is 487 g/mol. The van der Waals surface area contributed by atoms with Crippen molar-refractivity contribution in [2.75, 3.05) is 32.7 Å². The third-order valence-corrected chi connectivity index (χ3v) is 7.75. The number of carbonyl (C=O) groups excluding carboxylic acids is 1. The number of hydrogen-bond donors (Lipinski definition) is 2. The molecule has 0 spiro atoms. The molecule has 32 heavy (non-hydrogen) atoms. The van der Waals surface area contributed by atoms with E-state index in [-0.39, 0.29) is 36.8 Å². The number of nitrogens with one attached hydrogen (secondary N) is 2. The molecule has 7 nitrogen and oxygen atoms in total. The Bertz CT molecular complexity index is 738. The summed E-state index contributed by atoms with van der Waals surface area (Å²) in [6, 6.07) is 0.335. The molecule has 2 N–H and O–H groups in total. The van der Waals surface area contributed by atoms with Gasteiger partial charge in [0.1, 0.15) is 5.56 Å². The van der Waals surface area contributed by atoms with Gasteiger partial charge in [-0.3, -0.25) is 9.69 Å². The van der Waals surface area contributed by atoms with Crippen LogP contribution < -0.4 is 15.4 Å². The molecule has 1 aliphatic heterocycles. The minimum Gasteiger partial charge on any atom is -0.475 e. The molecular formula is C23H39Cl2N5O2. The van der Waals surface area contributed by atoms with Crippen LogP contribution >= 0.6 is 24.8 Å². The summed E-state index contributed by atoms with van der Waals surface area (Å²) in [7, 11) is 0. The summed E-state index contributed by atoms with van der Waals surface area (Å²) in [6.45, 7) is 9.87. The summed E-state index contributed by atoms with van der Waals surface area (Å²) < 4.78 is 7.98. The molecule has 0 unspecified atom stereocenters. The zero-order chi connectivity index (χ0) is 20.7. The second-order valence-electron chi connectivity index (χ2n) is 10.3. The first kappa shape index (κ1) is 25.6. The zero-order valence-electron chi connectivity index (χ0n) is 19.3. The largest absolute Gasteiger partial charge is 0.475 e. The summed E-state index contributed by atoms with van der Waals surface area (Å²) in [4.78, 5) is 15.7. The molecule has 5 fully saturated rings. The Hall–Kier alpha value is -1.02. The predicted octanol–water partition coefficient (Wildman–Crippen LogP) is 2.97. The Kier molecular flexibility index (Phi) is 8.75. The highest BCUT2D eigenvalue weighted by Gasteiger charge is 2.48. The molecule has 5 aliphatic rings. The second-order valence-corrected chi connectivity index (χ2v) is 10.3. The van der Waals surface area contributed by atoms with Gasteiger partial charge in [0.05, 0.1) is 18.8 Å². The van der Waals surface area contributed by atoms with Crippen molar-refractivity contribution in [3.05, 3.63) is 11.8 Å². The van der Waals surface area contributed by atoms with Gasteiger partial charge >= 0.3 is 0 Å². The molecule has 4 saturated carbocycles. The number of rotatable bonds is 7. The Balaban J connectivity index is 0.00000144. The molecule has 182 valence electrons. The van der Waals surface area contributed by atoms with E-state index in [2.05, 4.69) is 20.6 Å². The van der Waals surface area contributed by atoms with Crippen molar-refractivity contribution in [3.63, 3.8) is 0 Å². The number of aromatic nitrogens is 2. The zero-order valence-corrected chi connectivity index (χ0v) is 20.9. The third kappa shape index (κ3) is 5.37. The Morgan fingerprint density at radius 2 is 1.72 bits per heavy atom. The number of amides is 1. The molecule has 6 rings (SSSR count). The molecule has 4 aliphatic carbocycles. The molecular weight excluding hydrogens is 449 g/mol. The summed E-state index contributed by atoms with van der Waals surface area (Å²) in [5, 5.41) is 11.4. The van der Waals surface area contributed by atoms with Crippen LogP contribution in [0, 0.1) is 23.7 Å². The van der Waals surface area contributed by atoms with Gasteiger partial charge in [0, 0.05) is 38.8 Å². The molecule has 1 saturated heterocycles. The lowest BCUT2D eigenvalue weighted by molar-refractivity contribution is -0.0120. The topological polar surface area (TPSA) is 71.4 Å². The number of ether oxygens (including phenoxy) is 1. The van der Waals surface area contributed by atoms with Crippen molar-refractivity contribution in [1.82, 2.24) is 25.3 Å². The van der Waals surface area contributed by atoms with E-state index < -0.39 is 0 Å². The number of hydrogen-bond acceptors (Lipinski definition) is 5. The number of nitrogens with zero attached hydrogens (tertiary/aromatic N) is 3. The van der Waals surface area contributed by atoms with Gasteiger partial charge in [0.15, 0.2) is 0 Å². The van der Waals surface area contributed by atoms with Crippen molar-refractivity contribution in [2.24, 2.45) is 23.7 Å².